The van der Waals surface area contributed by atoms with Crippen molar-refractivity contribution in [3.63, 3.8) is 0 Å². The van der Waals surface area contributed by atoms with E-state index >= 15 is 0 Å². The van der Waals surface area contributed by atoms with Crippen LogP contribution in [0, 0.1) is 5.92 Å². The third kappa shape index (κ3) is 6.05. The third-order valence-corrected chi connectivity index (χ3v) is 9.06. The van der Waals surface area contributed by atoms with Gasteiger partial charge in [-0.25, -0.2) is 0 Å². The summed E-state index contributed by atoms with van der Waals surface area (Å²) in [6, 6.07) is 16.1. The molecule has 2 aromatic carbocycles. The number of carbonyl (C=O) groups is 1. The summed E-state index contributed by atoms with van der Waals surface area (Å²) >= 11 is -0.0708. The Morgan fingerprint density at radius 2 is 1.76 bits per heavy atom. The number of hydrogen-bond acceptors (Lipinski definition) is 4. The van der Waals surface area contributed by atoms with E-state index in [4.69, 9.17) is 9.97 Å². The summed E-state index contributed by atoms with van der Waals surface area (Å²) in [5.74, 6) is 1.56. The number of para-hydroxylation sites is 2. The zero-order valence-electron chi connectivity index (χ0n) is 19.7. The standard InChI is InChI=1S/C26H33AsN5O/c1-4-19-9-5-7-11-22(19)30-26(33)28-17-18-13-15-20(16-14-18)27-25-29-23-12-8-6-10-21(23)24(31-25)32(2)3/h5-12,18,20H,4,13-17H2,1-3H3,(H2,28,30,33). The van der Waals surface area contributed by atoms with Crippen LogP contribution in [0.4, 0.5) is 16.3 Å². The number of rotatable bonds is 7. The summed E-state index contributed by atoms with van der Waals surface area (Å²) in [7, 11) is 4.09. The average Bonchev–Trinajstić information content (AvgIpc) is 2.83. The molecule has 173 valence electrons. The molecule has 1 aliphatic carbocycles. The van der Waals surface area contributed by atoms with Gasteiger partial charge in [0.05, 0.1) is 0 Å². The monoisotopic (exact) mass is 506 g/mol. The second kappa shape index (κ2) is 11.0. The zero-order valence-corrected chi connectivity index (χ0v) is 21.6. The van der Waals surface area contributed by atoms with Gasteiger partial charge in [0.15, 0.2) is 0 Å². The van der Waals surface area contributed by atoms with Crippen LogP contribution in [0.5, 0.6) is 0 Å². The summed E-state index contributed by atoms with van der Waals surface area (Å²) in [5, 5.41) is 7.20. The van der Waals surface area contributed by atoms with Crippen molar-refractivity contribution in [1.29, 1.82) is 0 Å². The van der Waals surface area contributed by atoms with Crippen LogP contribution in [0.2, 0.25) is 4.71 Å². The first-order valence-corrected chi connectivity index (χ1v) is 13.8. The summed E-state index contributed by atoms with van der Waals surface area (Å²) in [6.45, 7) is 2.84. The molecule has 0 saturated heterocycles. The number of aryl methyl sites for hydroxylation is 1. The number of anilines is 2. The van der Waals surface area contributed by atoms with E-state index in [0.717, 1.165) is 58.4 Å². The molecule has 0 atom stereocenters. The minimum atomic E-state index is -0.106. The molecule has 0 unspecified atom stereocenters. The maximum atomic E-state index is 12.4. The molecule has 1 aliphatic rings. The van der Waals surface area contributed by atoms with E-state index in [2.05, 4.69) is 40.7 Å². The molecule has 1 radical (unpaired) electrons. The van der Waals surface area contributed by atoms with Crippen LogP contribution in [0.3, 0.4) is 0 Å². The first kappa shape index (κ1) is 23.6. The number of hydrogen-bond donors (Lipinski definition) is 2. The van der Waals surface area contributed by atoms with Gasteiger partial charge in [-0.05, 0) is 0 Å². The molecule has 0 spiro atoms. The Morgan fingerprint density at radius 3 is 2.52 bits per heavy atom. The van der Waals surface area contributed by atoms with E-state index in [9.17, 15) is 4.79 Å². The number of amides is 2. The number of nitrogens with zero attached hydrogens (tertiary/aromatic N) is 3. The number of urea groups is 1. The van der Waals surface area contributed by atoms with Crippen molar-refractivity contribution in [2.45, 2.75) is 43.7 Å². The third-order valence-electron chi connectivity index (χ3n) is 6.31. The topological polar surface area (TPSA) is 70.2 Å². The second-order valence-electron chi connectivity index (χ2n) is 8.91. The fraction of sp³-hybridized carbons (Fsp3) is 0.423. The molecule has 0 aliphatic heterocycles. The summed E-state index contributed by atoms with van der Waals surface area (Å²) < 4.78 is 1.73. The molecule has 1 fully saturated rings. The van der Waals surface area contributed by atoms with Crippen LogP contribution in [-0.4, -0.2) is 52.4 Å². The van der Waals surface area contributed by atoms with Crippen LogP contribution in [-0.2, 0) is 6.42 Å². The normalized spacial score (nSPS) is 18.5. The SMILES string of the molecule is CCc1ccccc1NC(=O)NCC1CCC([As]c2nc(N(C)C)c3ccccc3n2)CC1. The van der Waals surface area contributed by atoms with Crippen LogP contribution in [0.15, 0.2) is 48.5 Å². The summed E-state index contributed by atoms with van der Waals surface area (Å²) in [5.41, 5.74) is 3.10. The number of fused-ring (bicyclic) bond motifs is 1. The number of nitrogens with one attached hydrogen (secondary N) is 2. The molecule has 7 heteroatoms. The molecule has 33 heavy (non-hydrogen) atoms. The predicted molar refractivity (Wildman–Crippen MR) is 138 cm³/mol. The fourth-order valence-corrected chi connectivity index (χ4v) is 6.96. The molecule has 1 heterocycles. The molecule has 4 rings (SSSR count). The molecule has 1 saturated carbocycles. The first-order valence-electron chi connectivity index (χ1n) is 11.8. The quantitative estimate of drug-likeness (QED) is 0.467. The second-order valence-corrected chi connectivity index (χ2v) is 11.8. The van der Waals surface area contributed by atoms with Gasteiger partial charge in [-0.3, -0.25) is 0 Å². The van der Waals surface area contributed by atoms with Gasteiger partial charge in [-0.2, -0.15) is 0 Å². The Kier molecular flexibility index (Phi) is 7.87. The number of aromatic nitrogens is 2. The Morgan fingerprint density at radius 1 is 1.03 bits per heavy atom. The van der Waals surface area contributed by atoms with E-state index in [1.807, 2.05) is 44.4 Å². The van der Waals surface area contributed by atoms with Gasteiger partial charge in [0.25, 0.3) is 0 Å². The molecular formula is C26H33AsN5O. The van der Waals surface area contributed by atoms with Gasteiger partial charge in [-0.15, -0.1) is 0 Å². The van der Waals surface area contributed by atoms with E-state index < -0.39 is 0 Å². The molecule has 6 nitrogen and oxygen atoms in total. The van der Waals surface area contributed by atoms with Gasteiger partial charge in [0.2, 0.25) is 0 Å². The molecule has 2 amide bonds. The Labute approximate surface area is 203 Å². The van der Waals surface area contributed by atoms with Crippen molar-refractivity contribution in [1.82, 2.24) is 15.3 Å². The van der Waals surface area contributed by atoms with Crippen molar-refractivity contribution in [3.8, 4) is 0 Å². The fourth-order valence-electron chi connectivity index (χ4n) is 4.44. The van der Waals surface area contributed by atoms with Crippen LogP contribution in [0.1, 0.15) is 38.2 Å². The van der Waals surface area contributed by atoms with E-state index in [1.165, 1.54) is 12.8 Å². The molecule has 3 aromatic rings. The van der Waals surface area contributed by atoms with Gasteiger partial charge in [0, 0.05) is 0 Å². The van der Waals surface area contributed by atoms with Gasteiger partial charge in [-0.1, -0.05) is 0 Å². The first-order chi connectivity index (χ1) is 16.0. The molecule has 2 N–H and O–H groups in total. The van der Waals surface area contributed by atoms with E-state index in [-0.39, 0.29) is 21.8 Å². The number of benzene rings is 2. The van der Waals surface area contributed by atoms with Crippen molar-refractivity contribution < 1.29 is 4.79 Å². The minimum absolute atomic E-state index is 0.0708. The molecule has 0 bridgehead atoms. The van der Waals surface area contributed by atoms with Gasteiger partial charge < -0.3 is 0 Å². The van der Waals surface area contributed by atoms with Crippen molar-refractivity contribution in [2.24, 2.45) is 5.92 Å². The summed E-state index contributed by atoms with van der Waals surface area (Å²) in [6.07, 6.45) is 5.60. The number of carbonyl (C=O) groups excluding carboxylic acids is 1. The van der Waals surface area contributed by atoms with Crippen molar-refractivity contribution in [3.05, 3.63) is 54.1 Å². The van der Waals surface area contributed by atoms with Crippen molar-refractivity contribution >= 4 is 48.8 Å². The molecule has 1 aromatic heterocycles. The van der Waals surface area contributed by atoms with Gasteiger partial charge >= 0.3 is 203 Å². The predicted octanol–water partition coefficient (Wildman–Crippen LogP) is 4.39. The Hall–Kier alpha value is -2.59. The van der Waals surface area contributed by atoms with Crippen LogP contribution >= 0.6 is 0 Å². The van der Waals surface area contributed by atoms with E-state index in [0.29, 0.717) is 10.6 Å². The van der Waals surface area contributed by atoms with Crippen molar-refractivity contribution in [2.75, 3.05) is 30.9 Å². The molecular weight excluding hydrogens is 473 g/mol. The Balaban J connectivity index is 1.27. The van der Waals surface area contributed by atoms with Crippen LogP contribution in [0.25, 0.3) is 10.9 Å². The maximum absolute atomic E-state index is 12.4. The summed E-state index contributed by atoms with van der Waals surface area (Å²) in [4.78, 5) is 24.3. The van der Waals surface area contributed by atoms with E-state index in [1.54, 1.807) is 0 Å². The Bertz CT molecular complexity index is 1090. The average molecular weight is 507 g/mol. The van der Waals surface area contributed by atoms with Crippen LogP contribution < -0.4 is 20.1 Å². The zero-order chi connectivity index (χ0) is 23.2. The van der Waals surface area contributed by atoms with Gasteiger partial charge in [0.1, 0.15) is 0 Å².